The third-order valence-electron chi connectivity index (χ3n) is 2.78. The van der Waals surface area contributed by atoms with Crippen LogP contribution in [0.3, 0.4) is 0 Å². The highest BCUT2D eigenvalue weighted by Crippen LogP contribution is 2.32. The van der Waals surface area contributed by atoms with Crippen LogP contribution in [-0.2, 0) is 6.61 Å². The molecule has 2 rings (SSSR count). The van der Waals surface area contributed by atoms with Crippen LogP contribution in [0.1, 0.15) is 22.8 Å². The van der Waals surface area contributed by atoms with Gasteiger partial charge in [-0.15, -0.1) is 0 Å². The smallest absolute Gasteiger partial charge is 0.339 e. The topological polar surface area (TPSA) is 55.8 Å². The van der Waals surface area contributed by atoms with Gasteiger partial charge in [-0.25, -0.2) is 9.18 Å². The highest BCUT2D eigenvalue weighted by molar-refractivity contribution is 5.92. The molecule has 0 aromatic heterocycles. The van der Waals surface area contributed by atoms with Crippen LogP contribution in [0.4, 0.5) is 4.39 Å². The van der Waals surface area contributed by atoms with E-state index in [-0.39, 0.29) is 23.7 Å². The molecule has 0 fully saturated rings. The van der Waals surface area contributed by atoms with E-state index < -0.39 is 5.97 Å². The second kappa shape index (κ2) is 6.74. The molecule has 0 saturated heterocycles. The van der Waals surface area contributed by atoms with Crippen molar-refractivity contribution in [3.05, 3.63) is 59.4 Å². The summed E-state index contributed by atoms with van der Waals surface area (Å²) in [7, 11) is 0. The molecule has 0 heterocycles. The Bertz CT molecular complexity index is 640. The standard InChI is InChI=1S/C16H15FO4/c1-2-20-14-8-4-7-13(16(18)19)15(14)21-10-11-5-3-6-12(17)9-11/h3-9H,2,10H2,1H3,(H,18,19). The highest BCUT2D eigenvalue weighted by atomic mass is 19.1. The van der Waals surface area contributed by atoms with Crippen LogP contribution in [0.5, 0.6) is 11.5 Å². The van der Waals surface area contributed by atoms with E-state index >= 15 is 0 Å². The van der Waals surface area contributed by atoms with Crippen molar-refractivity contribution in [2.24, 2.45) is 0 Å². The van der Waals surface area contributed by atoms with E-state index in [0.717, 1.165) is 0 Å². The average Bonchev–Trinajstić information content (AvgIpc) is 2.46. The first-order valence-electron chi connectivity index (χ1n) is 6.48. The molecular formula is C16H15FO4. The van der Waals surface area contributed by atoms with E-state index in [1.165, 1.54) is 18.2 Å². The Morgan fingerprint density at radius 3 is 2.62 bits per heavy atom. The van der Waals surface area contributed by atoms with Crippen LogP contribution in [0.15, 0.2) is 42.5 Å². The van der Waals surface area contributed by atoms with Crippen molar-refractivity contribution in [3.63, 3.8) is 0 Å². The molecule has 5 heteroatoms. The van der Waals surface area contributed by atoms with E-state index in [1.54, 1.807) is 31.2 Å². The molecule has 0 aliphatic heterocycles. The van der Waals surface area contributed by atoms with Crippen LogP contribution < -0.4 is 9.47 Å². The zero-order valence-corrected chi connectivity index (χ0v) is 11.5. The van der Waals surface area contributed by atoms with Gasteiger partial charge in [-0.05, 0) is 36.8 Å². The first kappa shape index (κ1) is 14.8. The number of aromatic carboxylic acids is 1. The number of ether oxygens (including phenoxy) is 2. The Morgan fingerprint density at radius 1 is 1.19 bits per heavy atom. The molecule has 2 aromatic rings. The molecule has 21 heavy (non-hydrogen) atoms. The van der Waals surface area contributed by atoms with Gasteiger partial charge in [0.15, 0.2) is 11.5 Å². The molecule has 0 aliphatic carbocycles. The maximum absolute atomic E-state index is 13.1. The molecule has 0 bridgehead atoms. The number of hydrogen-bond acceptors (Lipinski definition) is 3. The lowest BCUT2D eigenvalue weighted by molar-refractivity contribution is 0.0690. The number of benzene rings is 2. The summed E-state index contributed by atoms with van der Waals surface area (Å²) in [6.07, 6.45) is 0. The molecular weight excluding hydrogens is 275 g/mol. The number of rotatable bonds is 6. The van der Waals surface area contributed by atoms with Gasteiger partial charge in [0.2, 0.25) is 0 Å². The van der Waals surface area contributed by atoms with E-state index in [4.69, 9.17) is 9.47 Å². The first-order chi connectivity index (χ1) is 10.1. The zero-order chi connectivity index (χ0) is 15.2. The maximum Gasteiger partial charge on any atom is 0.339 e. The molecule has 0 saturated carbocycles. The molecule has 0 atom stereocenters. The van der Waals surface area contributed by atoms with Crippen molar-refractivity contribution in [3.8, 4) is 11.5 Å². The lowest BCUT2D eigenvalue weighted by Gasteiger charge is -2.14. The van der Waals surface area contributed by atoms with Gasteiger partial charge >= 0.3 is 5.97 Å². The first-order valence-corrected chi connectivity index (χ1v) is 6.48. The Hall–Kier alpha value is -2.56. The fourth-order valence-electron chi connectivity index (χ4n) is 1.88. The van der Waals surface area contributed by atoms with Gasteiger partial charge in [-0.1, -0.05) is 18.2 Å². The van der Waals surface area contributed by atoms with Gasteiger partial charge in [-0.3, -0.25) is 0 Å². The summed E-state index contributed by atoms with van der Waals surface area (Å²) in [4.78, 5) is 11.2. The summed E-state index contributed by atoms with van der Waals surface area (Å²) in [5.74, 6) is -0.969. The summed E-state index contributed by atoms with van der Waals surface area (Å²) in [5, 5.41) is 9.20. The number of carboxylic acid groups (broad SMARTS) is 1. The van der Waals surface area contributed by atoms with Gasteiger partial charge < -0.3 is 14.6 Å². The highest BCUT2D eigenvalue weighted by Gasteiger charge is 2.16. The second-order valence-electron chi connectivity index (χ2n) is 4.29. The van der Waals surface area contributed by atoms with E-state index in [2.05, 4.69) is 0 Å². The number of hydrogen-bond donors (Lipinski definition) is 1. The lowest BCUT2D eigenvalue weighted by atomic mass is 10.2. The normalized spacial score (nSPS) is 10.2. The van der Waals surface area contributed by atoms with Crippen LogP contribution in [0.25, 0.3) is 0 Å². The van der Waals surface area contributed by atoms with Gasteiger partial charge in [-0.2, -0.15) is 0 Å². The fraction of sp³-hybridized carbons (Fsp3) is 0.188. The van der Waals surface area contributed by atoms with E-state index in [0.29, 0.717) is 17.9 Å². The molecule has 1 N–H and O–H groups in total. The number of para-hydroxylation sites is 1. The van der Waals surface area contributed by atoms with Crippen molar-refractivity contribution in [2.75, 3.05) is 6.61 Å². The van der Waals surface area contributed by atoms with Crippen LogP contribution in [0, 0.1) is 5.82 Å². The summed E-state index contributed by atoms with van der Waals surface area (Å²) >= 11 is 0. The minimum Gasteiger partial charge on any atom is -0.490 e. The summed E-state index contributed by atoms with van der Waals surface area (Å²) in [6, 6.07) is 10.6. The molecule has 0 unspecified atom stereocenters. The van der Waals surface area contributed by atoms with Gasteiger partial charge in [0, 0.05) is 0 Å². The SMILES string of the molecule is CCOc1cccc(C(=O)O)c1OCc1cccc(F)c1. The third-order valence-corrected chi connectivity index (χ3v) is 2.78. The average molecular weight is 290 g/mol. The van der Waals surface area contributed by atoms with Crippen molar-refractivity contribution < 1.29 is 23.8 Å². The molecule has 0 aliphatic rings. The minimum absolute atomic E-state index is 0.0114. The third kappa shape index (κ3) is 3.72. The summed E-state index contributed by atoms with van der Waals surface area (Å²) in [6.45, 7) is 2.24. The summed E-state index contributed by atoms with van der Waals surface area (Å²) in [5.41, 5.74) is 0.620. The van der Waals surface area contributed by atoms with E-state index in [9.17, 15) is 14.3 Å². The van der Waals surface area contributed by atoms with Crippen LogP contribution in [-0.4, -0.2) is 17.7 Å². The molecule has 0 spiro atoms. The molecule has 4 nitrogen and oxygen atoms in total. The zero-order valence-electron chi connectivity index (χ0n) is 11.5. The lowest BCUT2D eigenvalue weighted by Crippen LogP contribution is -2.06. The van der Waals surface area contributed by atoms with Crippen LogP contribution in [0.2, 0.25) is 0 Å². The van der Waals surface area contributed by atoms with Gasteiger partial charge in [0.1, 0.15) is 18.0 Å². The minimum atomic E-state index is -1.11. The van der Waals surface area contributed by atoms with Gasteiger partial charge in [0.05, 0.1) is 6.61 Å². The fourth-order valence-corrected chi connectivity index (χ4v) is 1.88. The van der Waals surface area contributed by atoms with Gasteiger partial charge in [0.25, 0.3) is 0 Å². The van der Waals surface area contributed by atoms with Crippen LogP contribution >= 0.6 is 0 Å². The van der Waals surface area contributed by atoms with E-state index in [1.807, 2.05) is 0 Å². The molecule has 0 amide bonds. The predicted octanol–water partition coefficient (Wildman–Crippen LogP) is 3.50. The Labute approximate surface area is 121 Å². The maximum atomic E-state index is 13.1. The van der Waals surface area contributed by atoms with Crippen molar-refractivity contribution in [1.82, 2.24) is 0 Å². The Kier molecular flexibility index (Phi) is 4.77. The largest absolute Gasteiger partial charge is 0.490 e. The monoisotopic (exact) mass is 290 g/mol. The molecule has 0 radical (unpaired) electrons. The van der Waals surface area contributed by atoms with Crippen molar-refractivity contribution >= 4 is 5.97 Å². The molecule has 110 valence electrons. The predicted molar refractivity (Wildman–Crippen MR) is 75.3 cm³/mol. The number of carbonyl (C=O) groups is 1. The number of halogens is 1. The quantitative estimate of drug-likeness (QED) is 0.884. The Balaban J connectivity index is 2.26. The van der Waals surface area contributed by atoms with Crippen molar-refractivity contribution in [1.29, 1.82) is 0 Å². The Morgan fingerprint density at radius 2 is 1.95 bits per heavy atom. The second-order valence-corrected chi connectivity index (χ2v) is 4.29. The number of carboxylic acids is 1. The molecule has 2 aromatic carbocycles. The summed E-state index contributed by atoms with van der Waals surface area (Å²) < 4.78 is 24.1. The van der Waals surface area contributed by atoms with Crippen molar-refractivity contribution in [2.45, 2.75) is 13.5 Å².